The Morgan fingerprint density at radius 1 is 1.29 bits per heavy atom. The van der Waals surface area contributed by atoms with Crippen LogP contribution in [0.3, 0.4) is 0 Å². The van der Waals surface area contributed by atoms with Gasteiger partial charge in [-0.25, -0.2) is 4.98 Å². The maximum Gasteiger partial charge on any atom is 0.0951 e. The Balaban J connectivity index is 1.97. The first-order valence-corrected chi connectivity index (χ1v) is 7.28. The summed E-state index contributed by atoms with van der Waals surface area (Å²) >= 11 is 7.32. The van der Waals surface area contributed by atoms with Crippen molar-refractivity contribution in [2.24, 2.45) is 5.92 Å². The van der Waals surface area contributed by atoms with E-state index in [-0.39, 0.29) is 0 Å². The van der Waals surface area contributed by atoms with Crippen LogP contribution in [0.5, 0.6) is 0 Å². The summed E-state index contributed by atoms with van der Waals surface area (Å²) in [6.07, 6.45) is 0.853. The maximum absolute atomic E-state index is 5.68. The molecule has 1 aromatic heterocycles. The number of thiazole rings is 1. The van der Waals surface area contributed by atoms with Gasteiger partial charge in [0.15, 0.2) is 0 Å². The largest absolute Gasteiger partial charge is 0.379 e. The number of rotatable bonds is 9. The molecule has 0 spiro atoms. The Labute approximate surface area is 112 Å². The Hall–Kier alpha value is -0.160. The molecule has 3 nitrogen and oxygen atoms in total. The Morgan fingerprint density at radius 3 is 2.71 bits per heavy atom. The van der Waals surface area contributed by atoms with Crippen molar-refractivity contribution in [2.45, 2.75) is 26.1 Å². The van der Waals surface area contributed by atoms with Crippen molar-refractivity contribution in [3.63, 3.8) is 0 Å². The van der Waals surface area contributed by atoms with Gasteiger partial charge in [-0.3, -0.25) is 0 Å². The summed E-state index contributed by atoms with van der Waals surface area (Å²) in [5.74, 6) is 1.07. The summed E-state index contributed by atoms with van der Waals surface area (Å²) in [6, 6.07) is 0. The highest BCUT2D eigenvalue weighted by Gasteiger charge is 2.01. The van der Waals surface area contributed by atoms with E-state index in [4.69, 9.17) is 21.1 Å². The van der Waals surface area contributed by atoms with Crippen LogP contribution in [0.25, 0.3) is 0 Å². The van der Waals surface area contributed by atoms with Gasteiger partial charge in [-0.15, -0.1) is 22.9 Å². The van der Waals surface area contributed by atoms with Crippen molar-refractivity contribution < 1.29 is 9.47 Å². The highest BCUT2D eigenvalue weighted by molar-refractivity contribution is 7.09. The normalized spacial score (nSPS) is 11.3. The van der Waals surface area contributed by atoms with Crippen LogP contribution in [0.15, 0.2) is 5.38 Å². The molecular weight excluding hydrogens is 258 g/mol. The third kappa shape index (κ3) is 6.99. The minimum Gasteiger partial charge on any atom is -0.379 e. The number of aromatic nitrogens is 1. The standard InChI is InChI=1S/C12H20ClNO2S/c1-10(2)8-16-6-5-15-4-3-12-14-11(7-13)9-17-12/h9-10H,3-8H2,1-2H3. The lowest BCUT2D eigenvalue weighted by Gasteiger charge is -2.06. The molecule has 0 aliphatic carbocycles. The molecule has 0 radical (unpaired) electrons. The minimum absolute atomic E-state index is 0.487. The van der Waals surface area contributed by atoms with Gasteiger partial charge in [-0.05, 0) is 5.92 Å². The van der Waals surface area contributed by atoms with Gasteiger partial charge in [0.25, 0.3) is 0 Å². The minimum atomic E-state index is 0.487. The van der Waals surface area contributed by atoms with E-state index < -0.39 is 0 Å². The average molecular weight is 278 g/mol. The van der Waals surface area contributed by atoms with Crippen LogP contribution in [0, 0.1) is 5.92 Å². The van der Waals surface area contributed by atoms with Crippen molar-refractivity contribution in [3.05, 3.63) is 16.1 Å². The number of nitrogens with zero attached hydrogens (tertiary/aromatic N) is 1. The molecule has 0 saturated carbocycles. The van der Waals surface area contributed by atoms with Crippen LogP contribution in [0.2, 0.25) is 0 Å². The van der Waals surface area contributed by atoms with E-state index in [0.29, 0.717) is 31.6 Å². The van der Waals surface area contributed by atoms with E-state index in [2.05, 4.69) is 18.8 Å². The predicted molar refractivity (Wildman–Crippen MR) is 71.9 cm³/mol. The van der Waals surface area contributed by atoms with Crippen LogP contribution in [0.1, 0.15) is 24.5 Å². The first-order chi connectivity index (χ1) is 8.22. The molecule has 1 aromatic rings. The van der Waals surface area contributed by atoms with E-state index in [9.17, 15) is 0 Å². The molecule has 0 atom stereocenters. The van der Waals surface area contributed by atoms with Crippen molar-refractivity contribution >= 4 is 22.9 Å². The van der Waals surface area contributed by atoms with Crippen molar-refractivity contribution in [2.75, 3.05) is 26.4 Å². The second-order valence-electron chi connectivity index (χ2n) is 4.20. The summed E-state index contributed by atoms with van der Waals surface area (Å²) in [7, 11) is 0. The number of hydrogen-bond acceptors (Lipinski definition) is 4. The lowest BCUT2D eigenvalue weighted by Crippen LogP contribution is -2.09. The molecule has 0 amide bonds. The van der Waals surface area contributed by atoms with Gasteiger partial charge in [-0.1, -0.05) is 13.8 Å². The van der Waals surface area contributed by atoms with Gasteiger partial charge in [0, 0.05) is 18.4 Å². The summed E-state index contributed by atoms with van der Waals surface area (Å²) in [5.41, 5.74) is 0.951. The van der Waals surface area contributed by atoms with E-state index in [1.807, 2.05) is 5.38 Å². The fraction of sp³-hybridized carbons (Fsp3) is 0.750. The zero-order chi connectivity index (χ0) is 12.5. The summed E-state index contributed by atoms with van der Waals surface area (Å²) in [5, 5.41) is 3.08. The lowest BCUT2D eigenvalue weighted by molar-refractivity contribution is 0.0388. The number of ether oxygens (including phenoxy) is 2. The van der Waals surface area contributed by atoms with Gasteiger partial charge in [-0.2, -0.15) is 0 Å². The summed E-state index contributed by atoms with van der Waals surface area (Å²) < 4.78 is 10.9. The van der Waals surface area contributed by atoms with Crippen molar-refractivity contribution in [1.29, 1.82) is 0 Å². The fourth-order valence-corrected chi connectivity index (χ4v) is 2.23. The Morgan fingerprint density at radius 2 is 2.06 bits per heavy atom. The lowest BCUT2D eigenvalue weighted by atomic mass is 10.2. The smallest absolute Gasteiger partial charge is 0.0951 e. The molecule has 0 N–H and O–H groups in total. The van der Waals surface area contributed by atoms with E-state index >= 15 is 0 Å². The molecule has 1 rings (SSSR count). The monoisotopic (exact) mass is 277 g/mol. The molecule has 1 heterocycles. The van der Waals surface area contributed by atoms with Crippen LogP contribution in [0.4, 0.5) is 0 Å². The molecule has 98 valence electrons. The first kappa shape index (κ1) is 14.9. The zero-order valence-electron chi connectivity index (χ0n) is 10.4. The number of alkyl halides is 1. The van der Waals surface area contributed by atoms with Crippen LogP contribution in [-0.2, 0) is 21.8 Å². The molecule has 0 aliphatic heterocycles. The molecular formula is C12H20ClNO2S. The highest BCUT2D eigenvalue weighted by atomic mass is 35.5. The molecule has 17 heavy (non-hydrogen) atoms. The number of hydrogen-bond donors (Lipinski definition) is 0. The van der Waals surface area contributed by atoms with E-state index in [1.165, 1.54) is 0 Å². The summed E-state index contributed by atoms with van der Waals surface area (Å²) in [4.78, 5) is 4.36. The third-order valence-corrected chi connectivity index (χ3v) is 3.25. The van der Waals surface area contributed by atoms with Gasteiger partial charge in [0.1, 0.15) is 0 Å². The van der Waals surface area contributed by atoms with E-state index in [1.54, 1.807) is 11.3 Å². The molecule has 0 bridgehead atoms. The topological polar surface area (TPSA) is 31.4 Å². The van der Waals surface area contributed by atoms with Crippen LogP contribution < -0.4 is 0 Å². The average Bonchev–Trinajstić information content (AvgIpc) is 2.75. The first-order valence-electron chi connectivity index (χ1n) is 5.87. The molecule has 0 aliphatic rings. The molecule has 0 aromatic carbocycles. The van der Waals surface area contributed by atoms with Gasteiger partial charge < -0.3 is 9.47 Å². The molecule has 5 heteroatoms. The second-order valence-corrected chi connectivity index (χ2v) is 5.41. The van der Waals surface area contributed by atoms with Gasteiger partial charge in [0.05, 0.1) is 36.4 Å². The summed E-state index contributed by atoms with van der Waals surface area (Å²) in [6.45, 7) is 7.09. The SMILES string of the molecule is CC(C)COCCOCCc1nc(CCl)cs1. The van der Waals surface area contributed by atoms with Crippen molar-refractivity contribution in [1.82, 2.24) is 4.98 Å². The van der Waals surface area contributed by atoms with Crippen molar-refractivity contribution in [3.8, 4) is 0 Å². The van der Waals surface area contributed by atoms with Gasteiger partial charge in [0.2, 0.25) is 0 Å². The quantitative estimate of drug-likeness (QED) is 0.513. The van der Waals surface area contributed by atoms with Crippen LogP contribution in [-0.4, -0.2) is 31.4 Å². The fourth-order valence-electron chi connectivity index (χ4n) is 1.22. The molecule has 0 fully saturated rings. The van der Waals surface area contributed by atoms with Gasteiger partial charge >= 0.3 is 0 Å². The molecule has 0 saturated heterocycles. The zero-order valence-corrected chi connectivity index (χ0v) is 12.0. The third-order valence-electron chi connectivity index (χ3n) is 2.02. The number of halogens is 1. The highest BCUT2D eigenvalue weighted by Crippen LogP contribution is 2.11. The second kappa shape index (κ2) is 8.86. The maximum atomic E-state index is 5.68. The Kier molecular flexibility index (Phi) is 7.77. The molecule has 0 unspecified atom stereocenters. The van der Waals surface area contributed by atoms with E-state index in [0.717, 1.165) is 23.7 Å². The van der Waals surface area contributed by atoms with Crippen LogP contribution >= 0.6 is 22.9 Å². The predicted octanol–water partition coefficient (Wildman–Crippen LogP) is 3.11. The Bertz CT molecular complexity index is 304.